The molecule has 0 spiro atoms. The highest BCUT2D eigenvalue weighted by atomic mass is 35.5. The molecule has 3 rings (SSSR count). The summed E-state index contributed by atoms with van der Waals surface area (Å²) in [5.41, 5.74) is 2.96. The summed E-state index contributed by atoms with van der Waals surface area (Å²) in [5, 5.41) is 4.25. The Labute approximate surface area is 120 Å². The van der Waals surface area contributed by atoms with Gasteiger partial charge in [-0.15, -0.1) is 0 Å². The number of aromatic nitrogens is 2. The van der Waals surface area contributed by atoms with Crippen LogP contribution in [0.25, 0.3) is 10.9 Å². The second-order valence-corrected chi connectivity index (χ2v) is 4.89. The average Bonchev–Trinajstić information content (AvgIpc) is 2.89. The molecule has 0 aliphatic rings. The van der Waals surface area contributed by atoms with Gasteiger partial charge < -0.3 is 10.3 Å². The molecule has 2 N–H and O–H groups in total. The van der Waals surface area contributed by atoms with Crippen LogP contribution in [0, 0.1) is 6.92 Å². The van der Waals surface area contributed by atoms with Crippen LogP contribution >= 0.6 is 11.6 Å². The second-order valence-electron chi connectivity index (χ2n) is 4.50. The Morgan fingerprint density at radius 1 is 1.25 bits per heavy atom. The Kier molecular flexibility index (Phi) is 3.16. The number of carbonyl (C=O) groups is 1. The quantitative estimate of drug-likeness (QED) is 0.704. The van der Waals surface area contributed by atoms with E-state index >= 15 is 0 Å². The molecule has 0 unspecified atom stereocenters. The molecule has 0 atom stereocenters. The van der Waals surface area contributed by atoms with E-state index in [9.17, 15) is 4.79 Å². The third-order valence-corrected chi connectivity index (χ3v) is 3.33. The summed E-state index contributed by atoms with van der Waals surface area (Å²) in [6.45, 7) is 1.80. The number of hydrogen-bond acceptors (Lipinski definition) is 2. The summed E-state index contributed by atoms with van der Waals surface area (Å²) in [6.07, 6.45) is 1.85. The van der Waals surface area contributed by atoms with Crippen LogP contribution in [0.15, 0.2) is 42.6 Å². The van der Waals surface area contributed by atoms with E-state index in [1.54, 1.807) is 25.1 Å². The van der Waals surface area contributed by atoms with Crippen molar-refractivity contribution in [1.29, 1.82) is 0 Å². The number of anilines is 1. The number of pyridine rings is 1. The number of rotatable bonds is 2. The number of H-pyrrole nitrogens is 1. The van der Waals surface area contributed by atoms with E-state index in [0.717, 1.165) is 10.9 Å². The first-order chi connectivity index (χ1) is 9.63. The topological polar surface area (TPSA) is 57.8 Å². The fourth-order valence-electron chi connectivity index (χ4n) is 2.05. The number of fused-ring (bicyclic) bond motifs is 1. The van der Waals surface area contributed by atoms with E-state index < -0.39 is 0 Å². The summed E-state index contributed by atoms with van der Waals surface area (Å²) in [7, 11) is 0. The Morgan fingerprint density at radius 3 is 2.90 bits per heavy atom. The molecule has 4 nitrogen and oxygen atoms in total. The predicted octanol–water partition coefficient (Wildman–Crippen LogP) is 3.78. The normalized spacial score (nSPS) is 10.7. The Hall–Kier alpha value is -2.33. The maximum atomic E-state index is 12.2. The first-order valence-electron chi connectivity index (χ1n) is 6.15. The molecule has 1 amide bonds. The van der Waals surface area contributed by atoms with Gasteiger partial charge in [0.2, 0.25) is 0 Å². The molecule has 20 heavy (non-hydrogen) atoms. The number of benzene rings is 1. The highest BCUT2D eigenvalue weighted by Gasteiger charge is 2.09. The zero-order valence-corrected chi connectivity index (χ0v) is 11.5. The SMILES string of the molecule is Cc1nc(Cl)ccc1NC(=O)c1ccc2[nH]ccc2c1. The van der Waals surface area contributed by atoms with Gasteiger partial charge in [-0.05, 0) is 43.3 Å². The summed E-state index contributed by atoms with van der Waals surface area (Å²) in [4.78, 5) is 19.4. The van der Waals surface area contributed by atoms with Gasteiger partial charge >= 0.3 is 0 Å². The minimum absolute atomic E-state index is 0.166. The first kappa shape index (κ1) is 12.7. The largest absolute Gasteiger partial charge is 0.361 e. The fraction of sp³-hybridized carbons (Fsp3) is 0.0667. The van der Waals surface area contributed by atoms with E-state index in [2.05, 4.69) is 15.3 Å². The molecular formula is C15H12ClN3O. The number of hydrogen-bond donors (Lipinski definition) is 2. The van der Waals surface area contributed by atoms with Crippen LogP contribution in [0.3, 0.4) is 0 Å². The lowest BCUT2D eigenvalue weighted by Crippen LogP contribution is -2.13. The summed E-state index contributed by atoms with van der Waals surface area (Å²) >= 11 is 5.80. The standard InChI is InChI=1S/C15H12ClN3O/c1-9-12(4-5-14(16)18-9)19-15(20)11-2-3-13-10(8-11)6-7-17-13/h2-8,17H,1H3,(H,19,20). The van der Waals surface area contributed by atoms with Gasteiger partial charge in [-0.3, -0.25) is 4.79 Å². The van der Waals surface area contributed by atoms with Crippen molar-refractivity contribution in [3.8, 4) is 0 Å². The number of aromatic amines is 1. The maximum absolute atomic E-state index is 12.2. The van der Waals surface area contributed by atoms with Gasteiger partial charge in [0.1, 0.15) is 5.15 Å². The first-order valence-corrected chi connectivity index (χ1v) is 6.53. The summed E-state index contributed by atoms with van der Waals surface area (Å²) < 4.78 is 0. The molecule has 0 aliphatic carbocycles. The molecule has 1 aromatic carbocycles. The molecule has 2 heterocycles. The van der Waals surface area contributed by atoms with Crippen molar-refractivity contribution < 1.29 is 4.79 Å². The van der Waals surface area contributed by atoms with Gasteiger partial charge in [0.25, 0.3) is 5.91 Å². The van der Waals surface area contributed by atoms with Crippen LogP contribution in [0.2, 0.25) is 5.15 Å². The summed E-state index contributed by atoms with van der Waals surface area (Å²) in [6, 6.07) is 10.8. The Bertz CT molecular complexity index is 795. The lowest BCUT2D eigenvalue weighted by atomic mass is 10.1. The van der Waals surface area contributed by atoms with Crippen molar-refractivity contribution in [1.82, 2.24) is 9.97 Å². The lowest BCUT2D eigenvalue weighted by Gasteiger charge is -2.08. The molecule has 3 aromatic rings. The lowest BCUT2D eigenvalue weighted by molar-refractivity contribution is 0.102. The predicted molar refractivity (Wildman–Crippen MR) is 80.2 cm³/mol. The van der Waals surface area contributed by atoms with Crippen LogP contribution in [0.1, 0.15) is 16.1 Å². The third kappa shape index (κ3) is 2.38. The van der Waals surface area contributed by atoms with Gasteiger partial charge in [-0.1, -0.05) is 11.6 Å². The number of amides is 1. The van der Waals surface area contributed by atoms with Crippen molar-refractivity contribution in [3.05, 3.63) is 59.0 Å². The molecular weight excluding hydrogens is 274 g/mol. The van der Waals surface area contributed by atoms with Gasteiger partial charge in [0.05, 0.1) is 11.4 Å². The number of carbonyl (C=O) groups excluding carboxylic acids is 1. The molecule has 0 bridgehead atoms. The molecule has 5 heteroatoms. The van der Waals surface area contributed by atoms with Crippen molar-refractivity contribution in [2.75, 3.05) is 5.32 Å². The summed E-state index contributed by atoms with van der Waals surface area (Å²) in [5.74, 6) is -0.166. The zero-order chi connectivity index (χ0) is 14.1. The van der Waals surface area contributed by atoms with E-state index in [-0.39, 0.29) is 5.91 Å². The highest BCUT2D eigenvalue weighted by molar-refractivity contribution is 6.29. The molecule has 0 saturated heterocycles. The molecule has 0 radical (unpaired) electrons. The Morgan fingerprint density at radius 2 is 2.10 bits per heavy atom. The number of halogens is 1. The van der Waals surface area contributed by atoms with Crippen LogP contribution in [-0.2, 0) is 0 Å². The van der Waals surface area contributed by atoms with Crippen LogP contribution < -0.4 is 5.32 Å². The minimum atomic E-state index is -0.166. The molecule has 0 fully saturated rings. The van der Waals surface area contributed by atoms with Crippen LogP contribution in [-0.4, -0.2) is 15.9 Å². The zero-order valence-electron chi connectivity index (χ0n) is 10.8. The number of nitrogens with one attached hydrogen (secondary N) is 2. The molecule has 100 valence electrons. The monoisotopic (exact) mass is 285 g/mol. The molecule has 0 aliphatic heterocycles. The van der Waals surface area contributed by atoms with Crippen LogP contribution in [0.4, 0.5) is 5.69 Å². The van der Waals surface area contributed by atoms with Crippen molar-refractivity contribution in [2.24, 2.45) is 0 Å². The van der Waals surface area contributed by atoms with Gasteiger partial charge in [0, 0.05) is 22.7 Å². The second kappa shape index (κ2) is 4.98. The minimum Gasteiger partial charge on any atom is -0.361 e. The number of nitrogens with zero attached hydrogens (tertiary/aromatic N) is 1. The van der Waals surface area contributed by atoms with Gasteiger partial charge in [-0.25, -0.2) is 4.98 Å². The van der Waals surface area contributed by atoms with Crippen LogP contribution in [0.5, 0.6) is 0 Å². The van der Waals surface area contributed by atoms with E-state index in [1.807, 2.05) is 24.4 Å². The molecule has 2 aromatic heterocycles. The van der Waals surface area contributed by atoms with Crippen molar-refractivity contribution in [3.63, 3.8) is 0 Å². The maximum Gasteiger partial charge on any atom is 0.255 e. The average molecular weight is 286 g/mol. The van der Waals surface area contributed by atoms with E-state index in [0.29, 0.717) is 22.1 Å². The smallest absolute Gasteiger partial charge is 0.255 e. The van der Waals surface area contributed by atoms with Crippen molar-refractivity contribution >= 4 is 34.1 Å². The Balaban J connectivity index is 1.88. The van der Waals surface area contributed by atoms with Gasteiger partial charge in [0.15, 0.2) is 0 Å². The van der Waals surface area contributed by atoms with Gasteiger partial charge in [-0.2, -0.15) is 0 Å². The third-order valence-electron chi connectivity index (χ3n) is 3.12. The number of aryl methyl sites for hydroxylation is 1. The van der Waals surface area contributed by atoms with Crippen molar-refractivity contribution in [2.45, 2.75) is 6.92 Å². The van der Waals surface area contributed by atoms with E-state index in [1.165, 1.54) is 0 Å². The highest BCUT2D eigenvalue weighted by Crippen LogP contribution is 2.18. The fourth-order valence-corrected chi connectivity index (χ4v) is 2.24. The molecule has 0 saturated carbocycles. The van der Waals surface area contributed by atoms with E-state index in [4.69, 9.17) is 11.6 Å².